The minimum absolute atomic E-state index is 0.0622. The molecule has 3 aromatic rings. The van der Waals surface area contributed by atoms with Gasteiger partial charge in [-0.2, -0.15) is 5.10 Å². The van der Waals surface area contributed by atoms with Crippen LogP contribution in [0.4, 0.5) is 0 Å². The van der Waals surface area contributed by atoms with E-state index < -0.39 is 0 Å². The van der Waals surface area contributed by atoms with Gasteiger partial charge in [-0.25, -0.2) is 0 Å². The van der Waals surface area contributed by atoms with E-state index in [0.29, 0.717) is 5.56 Å². The molecule has 4 rings (SSSR count). The molecule has 1 fully saturated rings. The molecule has 1 saturated heterocycles. The summed E-state index contributed by atoms with van der Waals surface area (Å²) in [7, 11) is 4.04. The number of rotatable bonds is 4. The van der Waals surface area contributed by atoms with Crippen LogP contribution in [0.5, 0.6) is 0 Å². The molecule has 0 unspecified atom stereocenters. The van der Waals surface area contributed by atoms with Crippen LogP contribution in [0.15, 0.2) is 48.5 Å². The van der Waals surface area contributed by atoms with Crippen molar-refractivity contribution in [2.45, 2.75) is 20.3 Å². The second-order valence-electron chi connectivity index (χ2n) is 8.72. The lowest BCUT2D eigenvalue weighted by molar-refractivity contribution is 0.0730. The monoisotopic (exact) mass is 388 g/mol. The second kappa shape index (κ2) is 7.56. The normalized spacial score (nSPS) is 19.6. The van der Waals surface area contributed by atoms with Crippen molar-refractivity contribution in [1.82, 2.24) is 20.0 Å². The van der Waals surface area contributed by atoms with Gasteiger partial charge in [-0.05, 0) is 44.5 Å². The van der Waals surface area contributed by atoms with Gasteiger partial charge in [-0.15, -0.1) is 5.10 Å². The molecular weight excluding hydrogens is 360 g/mol. The Balaban J connectivity index is 1.55. The molecule has 1 aromatic heterocycles. The van der Waals surface area contributed by atoms with Crippen molar-refractivity contribution in [1.29, 1.82) is 0 Å². The quantitative estimate of drug-likeness (QED) is 0.677. The molecule has 2 aromatic carbocycles. The molecular formula is C24H28N4O. The van der Waals surface area contributed by atoms with Gasteiger partial charge >= 0.3 is 0 Å². The Morgan fingerprint density at radius 2 is 1.79 bits per heavy atom. The van der Waals surface area contributed by atoms with Crippen LogP contribution in [0.3, 0.4) is 0 Å². The number of carbonyl (C=O) groups is 1. The van der Waals surface area contributed by atoms with Crippen LogP contribution in [0.25, 0.3) is 22.0 Å². The number of amides is 1. The van der Waals surface area contributed by atoms with Crippen LogP contribution in [0.2, 0.25) is 0 Å². The van der Waals surface area contributed by atoms with Crippen molar-refractivity contribution in [3.05, 3.63) is 59.8 Å². The zero-order valence-electron chi connectivity index (χ0n) is 17.6. The van der Waals surface area contributed by atoms with Crippen molar-refractivity contribution in [3.63, 3.8) is 0 Å². The van der Waals surface area contributed by atoms with E-state index >= 15 is 0 Å². The molecule has 150 valence electrons. The largest absolute Gasteiger partial charge is 0.341 e. The predicted molar refractivity (Wildman–Crippen MR) is 117 cm³/mol. The molecule has 2 heterocycles. The number of nitrogens with zero attached hydrogens (tertiary/aromatic N) is 4. The molecule has 5 nitrogen and oxygen atoms in total. The Hall–Kier alpha value is -2.79. The topological polar surface area (TPSA) is 49.3 Å². The smallest absolute Gasteiger partial charge is 0.253 e. The Kier molecular flexibility index (Phi) is 5.09. The fourth-order valence-electron chi connectivity index (χ4n) is 4.49. The average molecular weight is 389 g/mol. The highest BCUT2D eigenvalue weighted by Gasteiger charge is 2.34. The number of hydrogen-bond donors (Lipinski definition) is 0. The zero-order valence-corrected chi connectivity index (χ0v) is 17.6. The van der Waals surface area contributed by atoms with Crippen molar-refractivity contribution in [3.8, 4) is 11.3 Å². The summed E-state index contributed by atoms with van der Waals surface area (Å²) >= 11 is 0. The van der Waals surface area contributed by atoms with E-state index in [4.69, 9.17) is 0 Å². The molecule has 0 bridgehead atoms. The number of carbonyl (C=O) groups excluding carboxylic acids is 1. The van der Waals surface area contributed by atoms with Crippen molar-refractivity contribution in [2.24, 2.45) is 5.41 Å². The van der Waals surface area contributed by atoms with Gasteiger partial charge in [0.15, 0.2) is 0 Å². The van der Waals surface area contributed by atoms with E-state index in [1.165, 1.54) is 0 Å². The third-order valence-electron chi connectivity index (χ3n) is 5.99. The minimum Gasteiger partial charge on any atom is -0.341 e. The van der Waals surface area contributed by atoms with Crippen LogP contribution in [0, 0.1) is 12.3 Å². The van der Waals surface area contributed by atoms with Crippen molar-refractivity contribution < 1.29 is 4.79 Å². The number of aromatic nitrogens is 2. The van der Waals surface area contributed by atoms with Gasteiger partial charge in [-0.1, -0.05) is 43.3 Å². The number of aryl methyl sites for hydroxylation is 1. The first-order chi connectivity index (χ1) is 13.9. The lowest BCUT2D eigenvalue weighted by Gasteiger charge is -2.30. The highest BCUT2D eigenvalue weighted by molar-refractivity contribution is 5.97. The van der Waals surface area contributed by atoms with Gasteiger partial charge in [0, 0.05) is 42.0 Å². The van der Waals surface area contributed by atoms with Gasteiger partial charge in [0.1, 0.15) is 5.69 Å². The molecule has 29 heavy (non-hydrogen) atoms. The molecule has 1 atom stereocenters. The van der Waals surface area contributed by atoms with Crippen LogP contribution in [-0.4, -0.2) is 59.6 Å². The van der Waals surface area contributed by atoms with Gasteiger partial charge in [0.05, 0.1) is 5.69 Å². The SMILES string of the molecule is Cc1nnc(-c2ccc(C(=O)N(C)C[C@]3(C)CCN(C)C3)cc2)c2ccccc12. The summed E-state index contributed by atoms with van der Waals surface area (Å²) in [4.78, 5) is 17.1. The maximum Gasteiger partial charge on any atom is 0.253 e. The number of fused-ring (bicyclic) bond motifs is 1. The summed E-state index contributed by atoms with van der Waals surface area (Å²) in [5, 5.41) is 10.9. The Bertz CT molecular complexity index is 1050. The van der Waals surface area contributed by atoms with Crippen LogP contribution >= 0.6 is 0 Å². The third kappa shape index (κ3) is 3.87. The summed E-state index contributed by atoms with van der Waals surface area (Å²) in [5.41, 5.74) is 3.60. The lowest BCUT2D eigenvalue weighted by Crippen LogP contribution is -2.38. The fourth-order valence-corrected chi connectivity index (χ4v) is 4.49. The summed E-state index contributed by atoms with van der Waals surface area (Å²) in [6, 6.07) is 15.9. The molecule has 1 amide bonds. The number of benzene rings is 2. The molecule has 0 radical (unpaired) electrons. The Morgan fingerprint density at radius 3 is 2.45 bits per heavy atom. The molecule has 0 saturated carbocycles. The van der Waals surface area contributed by atoms with Crippen molar-refractivity contribution >= 4 is 16.7 Å². The molecule has 0 spiro atoms. The summed E-state index contributed by atoms with van der Waals surface area (Å²) in [6.07, 6.45) is 1.12. The molecule has 0 aliphatic carbocycles. The molecule has 1 aliphatic rings. The number of likely N-dealkylation sites (tertiary alicyclic amines) is 1. The van der Waals surface area contributed by atoms with Gasteiger partial charge in [-0.3, -0.25) is 4.79 Å². The third-order valence-corrected chi connectivity index (χ3v) is 5.99. The minimum atomic E-state index is 0.0622. The molecule has 5 heteroatoms. The first-order valence-corrected chi connectivity index (χ1v) is 10.1. The van der Waals surface area contributed by atoms with E-state index in [1.807, 2.05) is 55.3 Å². The first kappa shape index (κ1) is 19.5. The first-order valence-electron chi connectivity index (χ1n) is 10.1. The fraction of sp³-hybridized carbons (Fsp3) is 0.375. The second-order valence-corrected chi connectivity index (χ2v) is 8.72. The maximum atomic E-state index is 12.9. The Labute approximate surface area is 172 Å². The molecule has 1 aliphatic heterocycles. The van der Waals surface area contributed by atoms with Gasteiger partial charge in [0.25, 0.3) is 5.91 Å². The highest BCUT2D eigenvalue weighted by Crippen LogP contribution is 2.30. The van der Waals surface area contributed by atoms with Crippen molar-refractivity contribution in [2.75, 3.05) is 33.7 Å². The van der Waals surface area contributed by atoms with E-state index in [-0.39, 0.29) is 11.3 Å². The van der Waals surface area contributed by atoms with Crippen LogP contribution in [0.1, 0.15) is 29.4 Å². The number of hydrogen-bond acceptors (Lipinski definition) is 4. The zero-order chi connectivity index (χ0) is 20.6. The van der Waals surface area contributed by atoms with Crippen LogP contribution < -0.4 is 0 Å². The van der Waals surface area contributed by atoms with E-state index in [9.17, 15) is 4.79 Å². The van der Waals surface area contributed by atoms with Crippen LogP contribution in [-0.2, 0) is 0 Å². The Morgan fingerprint density at radius 1 is 1.10 bits per heavy atom. The summed E-state index contributed by atoms with van der Waals surface area (Å²) in [5.74, 6) is 0.0622. The highest BCUT2D eigenvalue weighted by atomic mass is 16.2. The van der Waals surface area contributed by atoms with Gasteiger partial charge < -0.3 is 9.80 Å². The summed E-state index contributed by atoms with van der Waals surface area (Å²) in [6.45, 7) is 7.14. The maximum absolute atomic E-state index is 12.9. The predicted octanol–water partition coefficient (Wildman–Crippen LogP) is 4.02. The van der Waals surface area contributed by atoms with Gasteiger partial charge in [0.2, 0.25) is 0 Å². The van der Waals surface area contributed by atoms with E-state index in [1.54, 1.807) is 0 Å². The lowest BCUT2D eigenvalue weighted by atomic mass is 9.89. The summed E-state index contributed by atoms with van der Waals surface area (Å²) < 4.78 is 0. The molecule has 0 N–H and O–H groups in total. The van der Waals surface area contributed by atoms with E-state index in [2.05, 4.69) is 41.2 Å². The standard InChI is InChI=1S/C24H28N4O/c1-17-20-7-5-6-8-21(20)22(26-25-17)18-9-11-19(12-10-18)23(29)28(4)16-24(2)13-14-27(3)15-24/h5-12H,13-16H2,1-4H3/t24-/m1/s1. The average Bonchev–Trinajstić information content (AvgIpc) is 3.06. The van der Waals surface area contributed by atoms with E-state index in [0.717, 1.165) is 53.8 Å².